The molecule has 2 aromatic carbocycles. The van der Waals surface area contributed by atoms with Crippen LogP contribution >= 0.6 is 0 Å². The highest BCUT2D eigenvalue weighted by molar-refractivity contribution is 5.88. The van der Waals surface area contributed by atoms with Gasteiger partial charge in [0.15, 0.2) is 0 Å². The Morgan fingerprint density at radius 2 is 1.85 bits per heavy atom. The first-order valence-corrected chi connectivity index (χ1v) is 7.30. The molecule has 0 spiro atoms. The number of carbonyl (C=O) groups is 1. The Morgan fingerprint density at radius 3 is 2.50 bits per heavy atom. The van der Waals surface area contributed by atoms with Gasteiger partial charge in [-0.1, -0.05) is 18.2 Å². The number of carboxylic acids is 1. The third-order valence-corrected chi connectivity index (χ3v) is 3.34. The van der Waals surface area contributed by atoms with Crippen LogP contribution in [-0.4, -0.2) is 17.4 Å². The smallest absolute Gasteiger partial charge is 0.478 e. The highest BCUT2D eigenvalue weighted by Crippen LogP contribution is 2.29. The van der Waals surface area contributed by atoms with Crippen LogP contribution in [0.25, 0.3) is 0 Å². The normalized spacial score (nSPS) is 16.6. The van der Waals surface area contributed by atoms with Gasteiger partial charge in [-0.2, -0.15) is 0 Å². The summed E-state index contributed by atoms with van der Waals surface area (Å²) in [5.74, 6) is -0.896. The second-order valence-electron chi connectivity index (χ2n) is 5.22. The van der Waals surface area contributed by atoms with Crippen LogP contribution < -0.4 is 15.0 Å². The number of hydrogen-bond acceptors (Lipinski definition) is 5. The number of benzene rings is 2. The summed E-state index contributed by atoms with van der Waals surface area (Å²) in [6.07, 6.45) is -3.78. The van der Waals surface area contributed by atoms with E-state index < -0.39 is 18.4 Å². The molecule has 3 rings (SSSR count). The van der Waals surface area contributed by atoms with E-state index in [9.17, 15) is 18.0 Å². The summed E-state index contributed by atoms with van der Waals surface area (Å²) in [5.41, 5.74) is 3.18. The van der Waals surface area contributed by atoms with E-state index in [2.05, 4.69) is 10.2 Å². The molecular weight excluding hydrogens is 355 g/mol. The summed E-state index contributed by atoms with van der Waals surface area (Å²) < 4.78 is 45.8. The van der Waals surface area contributed by atoms with Crippen molar-refractivity contribution in [2.24, 2.45) is 0 Å². The van der Waals surface area contributed by atoms with Gasteiger partial charge in [-0.05, 0) is 35.9 Å². The van der Waals surface area contributed by atoms with Gasteiger partial charge in [-0.25, -0.2) is 10.3 Å². The molecule has 0 saturated heterocycles. The molecule has 6 nitrogen and oxygen atoms in total. The number of aromatic carboxylic acids is 1. The predicted molar refractivity (Wildman–Crippen MR) is 82.2 cm³/mol. The summed E-state index contributed by atoms with van der Waals surface area (Å²) in [5, 5.41) is 8.96. The number of ether oxygens (including phenoxy) is 2. The zero-order valence-corrected chi connectivity index (χ0v) is 13.0. The molecule has 0 amide bonds. The Labute approximate surface area is 145 Å². The van der Waals surface area contributed by atoms with Gasteiger partial charge >= 0.3 is 12.3 Å². The van der Waals surface area contributed by atoms with E-state index in [1.54, 1.807) is 12.1 Å². The summed E-state index contributed by atoms with van der Waals surface area (Å²) >= 11 is 0. The van der Waals surface area contributed by atoms with Crippen molar-refractivity contribution in [3.05, 3.63) is 71.6 Å². The molecule has 136 valence electrons. The summed E-state index contributed by atoms with van der Waals surface area (Å²) in [7, 11) is 0. The Bertz CT molecular complexity index is 833. The van der Waals surface area contributed by atoms with Crippen LogP contribution in [0.1, 0.15) is 22.0 Å². The summed E-state index contributed by atoms with van der Waals surface area (Å²) in [4.78, 5) is 16.2. The second kappa shape index (κ2) is 6.96. The SMILES string of the molecule is O=C(O)c1cccc(OC2=CC(c3ccc(OC(F)(F)F)cc3)ON2)c1. The largest absolute Gasteiger partial charge is 0.573 e. The van der Waals surface area contributed by atoms with Gasteiger partial charge in [-0.15, -0.1) is 13.2 Å². The van der Waals surface area contributed by atoms with Crippen molar-refractivity contribution in [2.45, 2.75) is 12.5 Å². The first-order valence-electron chi connectivity index (χ1n) is 7.30. The molecule has 1 atom stereocenters. The van der Waals surface area contributed by atoms with E-state index in [0.717, 1.165) is 0 Å². The van der Waals surface area contributed by atoms with Crippen molar-refractivity contribution >= 4 is 5.97 Å². The number of carboxylic acid groups (broad SMARTS) is 1. The van der Waals surface area contributed by atoms with Crippen LogP contribution in [0.3, 0.4) is 0 Å². The third-order valence-electron chi connectivity index (χ3n) is 3.34. The highest BCUT2D eigenvalue weighted by Gasteiger charge is 2.31. The monoisotopic (exact) mass is 367 g/mol. The van der Waals surface area contributed by atoms with E-state index in [1.165, 1.54) is 42.5 Å². The molecule has 0 aliphatic carbocycles. The zero-order chi connectivity index (χ0) is 18.7. The quantitative estimate of drug-likeness (QED) is 0.838. The van der Waals surface area contributed by atoms with Crippen molar-refractivity contribution in [1.82, 2.24) is 5.48 Å². The highest BCUT2D eigenvalue weighted by atomic mass is 19.4. The maximum atomic E-state index is 12.2. The van der Waals surface area contributed by atoms with Crippen LogP contribution in [0.15, 0.2) is 60.5 Å². The fourth-order valence-electron chi connectivity index (χ4n) is 2.22. The Hall–Kier alpha value is -3.20. The predicted octanol–water partition coefficient (Wildman–Crippen LogP) is 3.78. The van der Waals surface area contributed by atoms with Gasteiger partial charge in [-0.3, -0.25) is 4.84 Å². The minimum Gasteiger partial charge on any atom is -0.478 e. The lowest BCUT2D eigenvalue weighted by molar-refractivity contribution is -0.274. The van der Waals surface area contributed by atoms with Gasteiger partial charge in [0, 0.05) is 6.08 Å². The number of halogens is 3. The van der Waals surface area contributed by atoms with Crippen molar-refractivity contribution in [1.29, 1.82) is 0 Å². The average Bonchev–Trinajstić information content (AvgIpc) is 3.03. The molecular formula is C17H12F3NO5. The second-order valence-corrected chi connectivity index (χ2v) is 5.22. The number of rotatable bonds is 5. The van der Waals surface area contributed by atoms with E-state index in [0.29, 0.717) is 11.3 Å². The van der Waals surface area contributed by atoms with E-state index >= 15 is 0 Å². The number of hydroxylamine groups is 1. The minimum absolute atomic E-state index is 0.0684. The molecule has 1 unspecified atom stereocenters. The van der Waals surface area contributed by atoms with Gasteiger partial charge in [0.25, 0.3) is 0 Å². The van der Waals surface area contributed by atoms with Gasteiger partial charge < -0.3 is 14.6 Å². The standard InChI is InChI=1S/C17H12F3NO5/c18-17(19,20)25-12-6-4-10(5-7-12)14-9-15(21-26-14)24-13-3-1-2-11(8-13)16(22)23/h1-9,14,21H,(H,22,23). The number of hydrogen-bond donors (Lipinski definition) is 2. The molecule has 0 fully saturated rings. The molecule has 9 heteroatoms. The topological polar surface area (TPSA) is 77.0 Å². The summed E-state index contributed by atoms with van der Waals surface area (Å²) in [6.45, 7) is 0. The van der Waals surface area contributed by atoms with Gasteiger partial charge in [0.1, 0.15) is 17.6 Å². The molecule has 1 aliphatic heterocycles. The first kappa shape index (κ1) is 17.6. The van der Waals surface area contributed by atoms with Crippen LogP contribution in [0.5, 0.6) is 11.5 Å². The lowest BCUT2D eigenvalue weighted by atomic mass is 10.1. The first-order chi connectivity index (χ1) is 12.3. The van der Waals surface area contributed by atoms with Crippen LogP contribution in [0.4, 0.5) is 13.2 Å². The molecule has 0 saturated carbocycles. The molecule has 0 radical (unpaired) electrons. The summed E-state index contributed by atoms with van der Waals surface area (Å²) in [6, 6.07) is 11.1. The Balaban J connectivity index is 1.68. The van der Waals surface area contributed by atoms with E-state index in [1.807, 2.05) is 0 Å². The number of nitrogens with one attached hydrogen (secondary N) is 1. The molecule has 1 aliphatic rings. The van der Waals surface area contributed by atoms with Crippen molar-refractivity contribution in [3.8, 4) is 11.5 Å². The van der Waals surface area contributed by atoms with Gasteiger partial charge in [0.05, 0.1) is 5.56 Å². The Morgan fingerprint density at radius 1 is 1.12 bits per heavy atom. The molecule has 2 N–H and O–H groups in total. The maximum absolute atomic E-state index is 12.2. The van der Waals surface area contributed by atoms with E-state index in [-0.39, 0.29) is 17.2 Å². The van der Waals surface area contributed by atoms with Crippen LogP contribution in [-0.2, 0) is 4.84 Å². The zero-order valence-electron chi connectivity index (χ0n) is 13.0. The van der Waals surface area contributed by atoms with Gasteiger partial charge in [0.2, 0.25) is 5.88 Å². The van der Waals surface area contributed by atoms with Crippen molar-refractivity contribution < 1.29 is 37.4 Å². The van der Waals surface area contributed by atoms with Crippen molar-refractivity contribution in [2.75, 3.05) is 0 Å². The maximum Gasteiger partial charge on any atom is 0.573 e. The fraction of sp³-hybridized carbons (Fsp3) is 0.118. The van der Waals surface area contributed by atoms with Crippen LogP contribution in [0, 0.1) is 0 Å². The van der Waals surface area contributed by atoms with Crippen LogP contribution in [0.2, 0.25) is 0 Å². The lowest BCUT2D eigenvalue weighted by Crippen LogP contribution is -2.17. The minimum atomic E-state index is -4.75. The molecule has 2 aromatic rings. The average molecular weight is 367 g/mol. The lowest BCUT2D eigenvalue weighted by Gasteiger charge is -2.11. The third kappa shape index (κ3) is 4.45. The molecule has 26 heavy (non-hydrogen) atoms. The molecule has 0 bridgehead atoms. The molecule has 1 heterocycles. The Kier molecular flexibility index (Phi) is 4.72. The van der Waals surface area contributed by atoms with Crippen molar-refractivity contribution in [3.63, 3.8) is 0 Å². The number of alkyl halides is 3. The fourth-order valence-corrected chi connectivity index (χ4v) is 2.22. The molecule has 0 aromatic heterocycles. The van der Waals surface area contributed by atoms with E-state index in [4.69, 9.17) is 14.7 Å².